The van der Waals surface area contributed by atoms with Crippen molar-refractivity contribution >= 4 is 27.4 Å². The van der Waals surface area contributed by atoms with Crippen molar-refractivity contribution in [2.75, 3.05) is 10.0 Å². The predicted octanol–water partition coefficient (Wildman–Crippen LogP) is 4.14. The number of hydrogen-bond acceptors (Lipinski definition) is 8. The molecule has 0 aliphatic carbocycles. The van der Waals surface area contributed by atoms with E-state index in [9.17, 15) is 17.9 Å². The Kier molecular flexibility index (Phi) is 5.49. The van der Waals surface area contributed by atoms with E-state index in [1.165, 1.54) is 30.6 Å². The van der Waals surface area contributed by atoms with Crippen molar-refractivity contribution in [2.24, 2.45) is 0 Å². The van der Waals surface area contributed by atoms with Crippen LogP contribution in [0.15, 0.2) is 64.3 Å². The number of aromatic hydroxyl groups is 1. The molecule has 4 aromatic rings. The Balaban J connectivity index is 1.52. The summed E-state index contributed by atoms with van der Waals surface area (Å²) in [5.74, 6) is -0.326. The number of anilines is 3. The molecule has 2 aromatic carbocycles. The van der Waals surface area contributed by atoms with Crippen LogP contribution in [0.1, 0.15) is 11.3 Å². The minimum absolute atomic E-state index is 0.0381. The van der Waals surface area contributed by atoms with Crippen LogP contribution in [0, 0.1) is 19.7 Å². The molecule has 0 spiro atoms. The molecule has 0 bridgehead atoms. The van der Waals surface area contributed by atoms with E-state index < -0.39 is 15.8 Å². The number of aromatic nitrogens is 3. The lowest BCUT2D eigenvalue weighted by Crippen LogP contribution is -2.13. The summed E-state index contributed by atoms with van der Waals surface area (Å²) in [6.07, 6.45) is 1.30. The number of benzene rings is 2. The largest absolute Gasteiger partial charge is 0.507 e. The summed E-state index contributed by atoms with van der Waals surface area (Å²) in [5, 5.41) is 16.7. The molecule has 11 heteroatoms. The topological polar surface area (TPSA) is 130 Å². The maximum absolute atomic E-state index is 13.2. The van der Waals surface area contributed by atoms with Gasteiger partial charge in [0.15, 0.2) is 0 Å². The minimum atomic E-state index is -3.86. The Bertz CT molecular complexity index is 1390. The Morgan fingerprint density at radius 3 is 2.44 bits per heavy atom. The van der Waals surface area contributed by atoms with E-state index in [0.717, 1.165) is 6.07 Å². The van der Waals surface area contributed by atoms with E-state index in [-0.39, 0.29) is 16.5 Å². The zero-order valence-electron chi connectivity index (χ0n) is 17.0. The van der Waals surface area contributed by atoms with Gasteiger partial charge in [0.05, 0.1) is 16.3 Å². The normalized spacial score (nSPS) is 11.3. The van der Waals surface area contributed by atoms with Gasteiger partial charge in [0, 0.05) is 28.9 Å². The van der Waals surface area contributed by atoms with Crippen LogP contribution in [-0.4, -0.2) is 28.6 Å². The van der Waals surface area contributed by atoms with Crippen LogP contribution in [0.25, 0.3) is 11.3 Å². The summed E-state index contributed by atoms with van der Waals surface area (Å²) >= 11 is 0. The van der Waals surface area contributed by atoms with Gasteiger partial charge in [-0.3, -0.25) is 0 Å². The predicted molar refractivity (Wildman–Crippen MR) is 116 cm³/mol. The van der Waals surface area contributed by atoms with Gasteiger partial charge in [-0.25, -0.2) is 27.5 Å². The Labute approximate surface area is 183 Å². The van der Waals surface area contributed by atoms with E-state index in [1.54, 1.807) is 32.0 Å². The van der Waals surface area contributed by atoms with Crippen molar-refractivity contribution in [3.05, 3.63) is 71.9 Å². The highest BCUT2D eigenvalue weighted by atomic mass is 32.2. The molecule has 0 amide bonds. The number of hydrogen-bond donors (Lipinski definition) is 3. The molecule has 2 aromatic heterocycles. The van der Waals surface area contributed by atoms with E-state index in [0.29, 0.717) is 34.0 Å². The second-order valence-electron chi connectivity index (χ2n) is 6.93. The molecular formula is C21H18FN5O4S. The molecule has 0 radical (unpaired) electrons. The van der Waals surface area contributed by atoms with Gasteiger partial charge < -0.3 is 14.9 Å². The van der Waals surface area contributed by atoms with Gasteiger partial charge in [-0.15, -0.1) is 0 Å². The van der Waals surface area contributed by atoms with Gasteiger partial charge in [0.2, 0.25) is 5.88 Å². The molecule has 4 rings (SSSR count). The maximum atomic E-state index is 13.2. The first-order chi connectivity index (χ1) is 15.2. The second-order valence-corrected chi connectivity index (χ2v) is 8.61. The van der Waals surface area contributed by atoms with Gasteiger partial charge in [0.25, 0.3) is 10.0 Å². The fourth-order valence-corrected chi connectivity index (χ4v) is 3.90. The molecule has 32 heavy (non-hydrogen) atoms. The minimum Gasteiger partial charge on any atom is -0.507 e. The number of rotatable bonds is 6. The molecule has 0 saturated carbocycles. The number of halogens is 1. The van der Waals surface area contributed by atoms with Gasteiger partial charge in [-0.2, -0.15) is 0 Å². The highest BCUT2D eigenvalue weighted by Crippen LogP contribution is 2.30. The Morgan fingerprint density at radius 2 is 1.78 bits per heavy atom. The van der Waals surface area contributed by atoms with E-state index in [1.807, 2.05) is 0 Å². The van der Waals surface area contributed by atoms with Crippen LogP contribution in [0.2, 0.25) is 0 Å². The van der Waals surface area contributed by atoms with Crippen LogP contribution in [0.4, 0.5) is 21.8 Å². The zero-order valence-corrected chi connectivity index (χ0v) is 17.8. The van der Waals surface area contributed by atoms with Crippen molar-refractivity contribution in [1.29, 1.82) is 0 Å². The number of phenolic OH excluding ortho intramolecular Hbond substituents is 1. The van der Waals surface area contributed by atoms with Gasteiger partial charge in [-0.05, 0) is 50.2 Å². The summed E-state index contributed by atoms with van der Waals surface area (Å²) in [4.78, 5) is 8.26. The summed E-state index contributed by atoms with van der Waals surface area (Å²) in [6.45, 7) is 3.42. The van der Waals surface area contributed by atoms with Crippen molar-refractivity contribution in [3.8, 4) is 17.0 Å². The molecule has 0 aliphatic rings. The summed E-state index contributed by atoms with van der Waals surface area (Å²) in [5.41, 5.74) is 2.52. The molecule has 0 aliphatic heterocycles. The molecule has 9 nitrogen and oxygen atoms in total. The third-order valence-corrected chi connectivity index (χ3v) is 6.07. The third kappa shape index (κ3) is 4.37. The Hall–Kier alpha value is -3.99. The lowest BCUT2D eigenvalue weighted by molar-refractivity contribution is 0.430. The second kappa shape index (κ2) is 8.27. The first-order valence-corrected chi connectivity index (χ1v) is 10.8. The standard InChI is InChI=1S/C21H18FN5O4S/c1-12-13(2)26-31-21(12)27-32(29,30)16-6-4-15(5-7-16)25-20-10-18(23-11-24-20)17-8-3-14(22)9-19(17)28/h3-11,27-28H,1-2H3,(H,23,24,25). The number of nitrogens with zero attached hydrogens (tertiary/aromatic N) is 3. The highest BCUT2D eigenvalue weighted by molar-refractivity contribution is 7.92. The third-order valence-electron chi connectivity index (χ3n) is 4.72. The van der Waals surface area contributed by atoms with Crippen molar-refractivity contribution in [1.82, 2.24) is 15.1 Å². The molecule has 0 atom stereocenters. The quantitative estimate of drug-likeness (QED) is 0.395. The zero-order chi connectivity index (χ0) is 22.9. The fourth-order valence-electron chi connectivity index (χ4n) is 2.85. The van der Waals surface area contributed by atoms with Crippen LogP contribution < -0.4 is 10.0 Å². The molecule has 164 valence electrons. The summed E-state index contributed by atoms with van der Waals surface area (Å²) < 4.78 is 45.8. The van der Waals surface area contributed by atoms with Crippen LogP contribution in [0.5, 0.6) is 5.75 Å². The van der Waals surface area contributed by atoms with Crippen LogP contribution in [-0.2, 0) is 10.0 Å². The molecule has 2 heterocycles. The average molecular weight is 455 g/mol. The van der Waals surface area contributed by atoms with Crippen molar-refractivity contribution in [2.45, 2.75) is 18.7 Å². The fraction of sp³-hybridized carbons (Fsp3) is 0.0952. The average Bonchev–Trinajstić information content (AvgIpc) is 3.06. The number of sulfonamides is 1. The lowest BCUT2D eigenvalue weighted by atomic mass is 10.1. The molecule has 0 unspecified atom stereocenters. The summed E-state index contributed by atoms with van der Waals surface area (Å²) in [7, 11) is -3.86. The molecule has 0 saturated heterocycles. The Morgan fingerprint density at radius 1 is 1.03 bits per heavy atom. The number of nitrogens with one attached hydrogen (secondary N) is 2. The van der Waals surface area contributed by atoms with Gasteiger partial charge in [-0.1, -0.05) is 5.16 Å². The molecular weight excluding hydrogens is 437 g/mol. The summed E-state index contributed by atoms with van der Waals surface area (Å²) in [6, 6.07) is 11.2. The molecule has 3 N–H and O–H groups in total. The van der Waals surface area contributed by atoms with E-state index in [2.05, 4.69) is 25.2 Å². The van der Waals surface area contributed by atoms with Gasteiger partial charge in [0.1, 0.15) is 23.7 Å². The lowest BCUT2D eigenvalue weighted by Gasteiger charge is -2.10. The number of aryl methyl sites for hydroxylation is 1. The smallest absolute Gasteiger partial charge is 0.264 e. The van der Waals surface area contributed by atoms with E-state index in [4.69, 9.17) is 4.52 Å². The van der Waals surface area contributed by atoms with Crippen molar-refractivity contribution in [3.63, 3.8) is 0 Å². The number of phenols is 1. The van der Waals surface area contributed by atoms with Crippen LogP contribution >= 0.6 is 0 Å². The van der Waals surface area contributed by atoms with E-state index >= 15 is 0 Å². The highest BCUT2D eigenvalue weighted by Gasteiger charge is 2.19. The first-order valence-electron chi connectivity index (χ1n) is 9.36. The monoisotopic (exact) mass is 455 g/mol. The SMILES string of the molecule is Cc1noc(NS(=O)(=O)c2ccc(Nc3cc(-c4ccc(F)cc4O)ncn3)cc2)c1C. The first kappa shape index (κ1) is 21.2. The van der Waals surface area contributed by atoms with Gasteiger partial charge >= 0.3 is 0 Å². The maximum Gasteiger partial charge on any atom is 0.264 e. The molecule has 0 fully saturated rings. The van der Waals surface area contributed by atoms with Crippen molar-refractivity contribution < 1.29 is 22.4 Å². The van der Waals surface area contributed by atoms with Crippen LogP contribution in [0.3, 0.4) is 0 Å².